The van der Waals surface area contributed by atoms with Gasteiger partial charge >= 0.3 is 0 Å². The highest BCUT2D eigenvalue weighted by molar-refractivity contribution is 5.16. The van der Waals surface area contributed by atoms with Crippen LogP contribution in [0.4, 0.5) is 0 Å². The topological polar surface area (TPSA) is 25.2 Å². The first-order valence-corrected chi connectivity index (χ1v) is 9.70. The van der Waals surface area contributed by atoms with E-state index in [-0.39, 0.29) is 5.56 Å². The van der Waals surface area contributed by atoms with Gasteiger partial charge < -0.3 is 9.47 Å². The molecular formula is C20H32N2O. The lowest BCUT2D eigenvalue weighted by Crippen LogP contribution is -2.47. The molecule has 1 fully saturated rings. The zero-order valence-electron chi connectivity index (χ0n) is 14.7. The van der Waals surface area contributed by atoms with Crippen LogP contribution in [0.5, 0.6) is 0 Å². The summed E-state index contributed by atoms with van der Waals surface area (Å²) in [6.45, 7) is 6.79. The lowest BCUT2D eigenvalue weighted by Gasteiger charge is -2.42. The maximum Gasteiger partial charge on any atom is 0.250 e. The molecule has 128 valence electrons. The smallest absolute Gasteiger partial charge is 0.250 e. The van der Waals surface area contributed by atoms with Crippen molar-refractivity contribution in [1.82, 2.24) is 9.47 Å². The van der Waals surface area contributed by atoms with Gasteiger partial charge in [-0.05, 0) is 31.4 Å². The molecule has 1 aromatic heterocycles. The highest BCUT2D eigenvalue weighted by Crippen LogP contribution is 2.34. The van der Waals surface area contributed by atoms with Crippen molar-refractivity contribution >= 4 is 0 Å². The van der Waals surface area contributed by atoms with E-state index in [0.717, 1.165) is 13.1 Å². The number of pyridine rings is 1. The fraction of sp³-hybridized carbons (Fsp3) is 0.750. The zero-order chi connectivity index (χ0) is 16.1. The summed E-state index contributed by atoms with van der Waals surface area (Å²) in [6, 6.07) is 5.81. The Morgan fingerprint density at radius 1 is 1.00 bits per heavy atom. The van der Waals surface area contributed by atoms with Gasteiger partial charge in [0.2, 0.25) is 0 Å². The molecule has 3 nitrogen and oxygen atoms in total. The Morgan fingerprint density at radius 2 is 1.78 bits per heavy atom. The normalized spacial score (nSPS) is 23.7. The Balaban J connectivity index is 1.46. The van der Waals surface area contributed by atoms with Gasteiger partial charge in [-0.2, -0.15) is 0 Å². The van der Waals surface area contributed by atoms with Crippen LogP contribution in [0.3, 0.4) is 0 Å². The van der Waals surface area contributed by atoms with E-state index in [1.165, 1.54) is 70.2 Å². The van der Waals surface area contributed by atoms with Gasteiger partial charge in [0, 0.05) is 37.3 Å². The van der Waals surface area contributed by atoms with Crippen molar-refractivity contribution in [2.24, 2.45) is 5.92 Å². The third-order valence-electron chi connectivity index (χ3n) is 5.63. The lowest BCUT2D eigenvalue weighted by molar-refractivity contribution is 0.118. The van der Waals surface area contributed by atoms with Crippen LogP contribution < -0.4 is 5.56 Å². The molecule has 0 saturated carbocycles. The quantitative estimate of drug-likeness (QED) is 0.677. The molecule has 2 unspecified atom stereocenters. The fourth-order valence-corrected chi connectivity index (χ4v) is 4.47. The summed E-state index contributed by atoms with van der Waals surface area (Å²) in [5.74, 6) is 1.24. The molecule has 0 spiro atoms. The highest BCUT2D eigenvalue weighted by Gasteiger charge is 2.33. The van der Waals surface area contributed by atoms with Crippen molar-refractivity contribution in [2.75, 3.05) is 19.6 Å². The number of aromatic nitrogens is 1. The Kier molecular flexibility index (Phi) is 5.93. The second-order valence-electron chi connectivity index (χ2n) is 7.58. The maximum atomic E-state index is 12.0. The lowest BCUT2D eigenvalue weighted by atomic mass is 9.83. The fourth-order valence-electron chi connectivity index (χ4n) is 4.47. The Morgan fingerprint density at radius 3 is 2.61 bits per heavy atom. The van der Waals surface area contributed by atoms with Gasteiger partial charge in [-0.1, -0.05) is 51.5 Å². The van der Waals surface area contributed by atoms with Gasteiger partial charge in [0.05, 0.1) is 0 Å². The van der Waals surface area contributed by atoms with Gasteiger partial charge in [-0.3, -0.25) is 4.79 Å². The largest absolute Gasteiger partial charge is 0.312 e. The third kappa shape index (κ3) is 4.26. The molecular weight excluding hydrogens is 284 g/mol. The summed E-state index contributed by atoms with van der Waals surface area (Å²) in [4.78, 5) is 14.7. The zero-order valence-corrected chi connectivity index (χ0v) is 14.7. The summed E-state index contributed by atoms with van der Waals surface area (Å²) in [7, 11) is 0. The molecule has 3 heterocycles. The van der Waals surface area contributed by atoms with Crippen molar-refractivity contribution in [3.8, 4) is 0 Å². The molecule has 0 amide bonds. The van der Waals surface area contributed by atoms with Crippen LogP contribution in [0, 0.1) is 5.92 Å². The molecule has 1 aromatic rings. The minimum atomic E-state index is 0.192. The number of likely N-dealkylation sites (tertiary alicyclic amines) is 1. The second kappa shape index (κ2) is 8.14. The molecule has 23 heavy (non-hydrogen) atoms. The first-order valence-electron chi connectivity index (χ1n) is 9.70. The van der Waals surface area contributed by atoms with Crippen LogP contribution in [0.2, 0.25) is 0 Å². The van der Waals surface area contributed by atoms with E-state index in [2.05, 4.69) is 17.9 Å². The van der Waals surface area contributed by atoms with E-state index in [4.69, 9.17) is 0 Å². The summed E-state index contributed by atoms with van der Waals surface area (Å²) in [5, 5.41) is 0. The molecule has 0 N–H and O–H groups in total. The second-order valence-corrected chi connectivity index (χ2v) is 7.58. The van der Waals surface area contributed by atoms with E-state index < -0.39 is 0 Å². The summed E-state index contributed by atoms with van der Waals surface area (Å²) >= 11 is 0. The molecule has 0 aliphatic carbocycles. The first-order chi connectivity index (χ1) is 11.3. The Bertz CT molecular complexity index is 551. The van der Waals surface area contributed by atoms with Crippen molar-refractivity contribution in [2.45, 2.75) is 70.8 Å². The van der Waals surface area contributed by atoms with Gasteiger partial charge in [0.1, 0.15) is 0 Å². The van der Waals surface area contributed by atoms with E-state index >= 15 is 0 Å². The number of fused-ring (bicyclic) bond motifs is 4. The number of unbranched alkanes of at least 4 members (excludes halogenated alkanes) is 6. The summed E-state index contributed by atoms with van der Waals surface area (Å²) < 4.78 is 2.03. The third-order valence-corrected chi connectivity index (χ3v) is 5.63. The number of rotatable bonds is 8. The van der Waals surface area contributed by atoms with Crippen LogP contribution in [0.15, 0.2) is 23.0 Å². The standard InChI is InChI=1S/C20H32N2O/c1-2-3-4-5-6-7-8-12-21-14-17-13-18(16-21)19-10-9-11-20(23)22(19)15-17/h9-11,17-18H,2-8,12-16H2,1H3. The predicted molar refractivity (Wildman–Crippen MR) is 96.0 cm³/mol. The van der Waals surface area contributed by atoms with Gasteiger partial charge in [-0.25, -0.2) is 0 Å². The van der Waals surface area contributed by atoms with E-state index in [1.807, 2.05) is 10.6 Å². The number of piperidine rings is 1. The van der Waals surface area contributed by atoms with E-state index in [0.29, 0.717) is 11.8 Å². The average molecular weight is 316 g/mol. The maximum absolute atomic E-state index is 12.0. The van der Waals surface area contributed by atoms with E-state index in [1.54, 1.807) is 6.07 Å². The van der Waals surface area contributed by atoms with Gasteiger partial charge in [0.25, 0.3) is 5.56 Å². The van der Waals surface area contributed by atoms with Gasteiger partial charge in [-0.15, -0.1) is 0 Å². The van der Waals surface area contributed by atoms with Crippen LogP contribution in [-0.4, -0.2) is 29.1 Å². The molecule has 2 aliphatic heterocycles. The highest BCUT2D eigenvalue weighted by atomic mass is 16.1. The summed E-state index contributed by atoms with van der Waals surface area (Å²) in [6.07, 6.45) is 11.0. The first kappa shape index (κ1) is 16.8. The van der Waals surface area contributed by atoms with Crippen LogP contribution in [0.25, 0.3) is 0 Å². The molecule has 2 atom stereocenters. The SMILES string of the molecule is CCCCCCCCCN1CC2CC(C1)c1cccc(=O)n1C2. The van der Waals surface area contributed by atoms with Crippen molar-refractivity contribution in [3.05, 3.63) is 34.2 Å². The van der Waals surface area contributed by atoms with Crippen molar-refractivity contribution in [1.29, 1.82) is 0 Å². The molecule has 3 heteroatoms. The molecule has 2 bridgehead atoms. The Labute approximate surface area is 140 Å². The molecule has 3 rings (SSSR count). The van der Waals surface area contributed by atoms with Crippen LogP contribution in [-0.2, 0) is 6.54 Å². The average Bonchev–Trinajstić information content (AvgIpc) is 2.55. The molecule has 1 saturated heterocycles. The van der Waals surface area contributed by atoms with Gasteiger partial charge in [0.15, 0.2) is 0 Å². The molecule has 2 aliphatic rings. The molecule has 0 radical (unpaired) electrons. The number of hydrogen-bond acceptors (Lipinski definition) is 2. The minimum Gasteiger partial charge on any atom is -0.312 e. The number of nitrogens with zero attached hydrogens (tertiary/aromatic N) is 2. The monoisotopic (exact) mass is 316 g/mol. The van der Waals surface area contributed by atoms with Crippen LogP contribution >= 0.6 is 0 Å². The van der Waals surface area contributed by atoms with Crippen LogP contribution in [0.1, 0.15) is 69.9 Å². The molecule has 0 aromatic carbocycles. The van der Waals surface area contributed by atoms with E-state index in [9.17, 15) is 4.79 Å². The predicted octanol–water partition coefficient (Wildman–Crippen LogP) is 4.02. The number of hydrogen-bond donors (Lipinski definition) is 0. The summed E-state index contributed by atoms with van der Waals surface area (Å²) in [5.41, 5.74) is 1.47. The van der Waals surface area contributed by atoms with Crippen molar-refractivity contribution in [3.63, 3.8) is 0 Å². The van der Waals surface area contributed by atoms with Crippen molar-refractivity contribution < 1.29 is 0 Å². The minimum absolute atomic E-state index is 0.192. The Hall–Kier alpha value is -1.09.